The zero-order valence-electron chi connectivity index (χ0n) is 15.2. The van der Waals surface area contributed by atoms with Crippen molar-refractivity contribution in [2.24, 2.45) is 11.1 Å². The van der Waals surface area contributed by atoms with Crippen LogP contribution in [0.3, 0.4) is 0 Å². The summed E-state index contributed by atoms with van der Waals surface area (Å²) in [6.45, 7) is 15.2. The molecule has 2 N–H and O–H groups in total. The highest BCUT2D eigenvalue weighted by Crippen LogP contribution is 2.21. The molecule has 1 unspecified atom stereocenters. The number of amides is 1. The van der Waals surface area contributed by atoms with Crippen LogP contribution < -0.4 is 5.73 Å². The number of hydrogen-bond acceptors (Lipinski definition) is 4. The summed E-state index contributed by atoms with van der Waals surface area (Å²) < 4.78 is 5.44. The van der Waals surface area contributed by atoms with Gasteiger partial charge in [0.15, 0.2) is 0 Å². The normalized spacial score (nSPS) is 20.4. The summed E-state index contributed by atoms with van der Waals surface area (Å²) in [5.74, 6) is 0.0883. The monoisotopic (exact) mass is 371 g/mol. The number of halogens is 2. The Kier molecular flexibility index (Phi) is 12.6. The number of carbonyl (C=O) groups excluding carboxylic acids is 1. The minimum atomic E-state index is -0.426. The van der Waals surface area contributed by atoms with Gasteiger partial charge in [0.05, 0.1) is 12.6 Å². The summed E-state index contributed by atoms with van der Waals surface area (Å²) in [6, 6.07) is -0.0136. The molecule has 0 bridgehead atoms. The smallest absolute Gasteiger partial charge is 0.240 e. The Labute approximate surface area is 154 Å². The summed E-state index contributed by atoms with van der Waals surface area (Å²) in [6.07, 6.45) is 1.04. The minimum absolute atomic E-state index is 0. The van der Waals surface area contributed by atoms with E-state index in [2.05, 4.69) is 11.8 Å². The van der Waals surface area contributed by atoms with Gasteiger partial charge in [-0.2, -0.15) is 0 Å². The van der Waals surface area contributed by atoms with Crippen molar-refractivity contribution in [2.45, 2.75) is 53.1 Å². The van der Waals surface area contributed by atoms with Crippen molar-refractivity contribution >= 4 is 30.7 Å². The molecule has 0 spiro atoms. The first-order valence-corrected chi connectivity index (χ1v) is 8.17. The molecule has 0 aliphatic carbocycles. The molecule has 1 saturated heterocycles. The van der Waals surface area contributed by atoms with Crippen molar-refractivity contribution in [2.75, 3.05) is 39.4 Å². The predicted octanol–water partition coefficient (Wildman–Crippen LogP) is 2.16. The number of rotatable bonds is 6. The summed E-state index contributed by atoms with van der Waals surface area (Å²) >= 11 is 0. The number of hydrogen-bond donors (Lipinski definition) is 1. The van der Waals surface area contributed by atoms with Gasteiger partial charge >= 0.3 is 0 Å². The van der Waals surface area contributed by atoms with Gasteiger partial charge in [-0.3, -0.25) is 9.69 Å². The maximum absolute atomic E-state index is 12.5. The Morgan fingerprint density at radius 3 is 2.35 bits per heavy atom. The number of carbonyl (C=O) groups is 1. The first-order chi connectivity index (χ1) is 9.81. The molecule has 1 aliphatic rings. The predicted molar refractivity (Wildman–Crippen MR) is 101 cm³/mol. The third-order valence-electron chi connectivity index (χ3n) is 4.31. The van der Waals surface area contributed by atoms with E-state index in [9.17, 15) is 4.79 Å². The Morgan fingerprint density at radius 2 is 1.87 bits per heavy atom. The lowest BCUT2D eigenvalue weighted by molar-refractivity contribution is -0.138. The van der Waals surface area contributed by atoms with Gasteiger partial charge in [-0.1, -0.05) is 27.7 Å². The molecule has 0 radical (unpaired) electrons. The minimum Gasteiger partial charge on any atom is -0.380 e. The quantitative estimate of drug-likeness (QED) is 0.726. The lowest BCUT2D eigenvalue weighted by Gasteiger charge is -2.43. The molecule has 23 heavy (non-hydrogen) atoms. The van der Waals surface area contributed by atoms with Crippen LogP contribution in [0, 0.1) is 5.41 Å². The van der Waals surface area contributed by atoms with E-state index in [1.807, 2.05) is 32.6 Å². The molecular formula is C16H35Cl2N3O2. The molecule has 1 amide bonds. The van der Waals surface area contributed by atoms with E-state index in [4.69, 9.17) is 10.5 Å². The van der Waals surface area contributed by atoms with Crippen LogP contribution in [0.25, 0.3) is 0 Å². The van der Waals surface area contributed by atoms with Crippen molar-refractivity contribution in [3.8, 4) is 0 Å². The number of nitrogens with zero attached hydrogens (tertiary/aromatic N) is 2. The van der Waals surface area contributed by atoms with Crippen molar-refractivity contribution in [3.63, 3.8) is 0 Å². The molecule has 1 aliphatic heterocycles. The van der Waals surface area contributed by atoms with Gasteiger partial charge in [0.25, 0.3) is 0 Å². The van der Waals surface area contributed by atoms with E-state index in [1.165, 1.54) is 0 Å². The molecule has 0 aromatic carbocycles. The summed E-state index contributed by atoms with van der Waals surface area (Å²) in [5, 5.41) is 0. The average molecular weight is 372 g/mol. The van der Waals surface area contributed by atoms with Crippen LogP contribution >= 0.6 is 24.8 Å². The van der Waals surface area contributed by atoms with Gasteiger partial charge in [0, 0.05) is 38.8 Å². The van der Waals surface area contributed by atoms with Gasteiger partial charge in [0.2, 0.25) is 5.91 Å². The topological polar surface area (TPSA) is 58.8 Å². The van der Waals surface area contributed by atoms with Gasteiger partial charge in [-0.05, 0) is 18.8 Å². The Hall–Kier alpha value is -0.0700. The lowest BCUT2D eigenvalue weighted by atomic mass is 9.86. The van der Waals surface area contributed by atoms with E-state index in [0.717, 1.165) is 45.8 Å². The Morgan fingerprint density at radius 1 is 1.26 bits per heavy atom. The maximum atomic E-state index is 12.5. The zero-order chi connectivity index (χ0) is 16.0. The van der Waals surface area contributed by atoms with E-state index in [-0.39, 0.29) is 36.1 Å². The number of nitrogens with two attached hydrogens (primary N) is 1. The molecule has 5 nitrogen and oxygen atoms in total. The molecular weight excluding hydrogens is 337 g/mol. The van der Waals surface area contributed by atoms with Crippen LogP contribution in [-0.2, 0) is 9.53 Å². The molecule has 1 rings (SSSR count). The van der Waals surface area contributed by atoms with Crippen LogP contribution in [0.4, 0.5) is 0 Å². The Balaban J connectivity index is 0. The molecule has 0 aromatic rings. The standard InChI is InChI=1S/C16H33N3O2.2ClH/c1-6-13-12-19(15(20)14(17)16(3,4)5)9-8-18(13)10-11-21-7-2;;/h13-14H,6-12,17H2,1-5H3;2*1H/t13?,14-;;/m1../s1. The molecule has 0 saturated carbocycles. The van der Waals surface area contributed by atoms with Gasteiger partial charge in [-0.25, -0.2) is 0 Å². The first kappa shape index (κ1) is 25.2. The summed E-state index contributed by atoms with van der Waals surface area (Å²) in [7, 11) is 0. The fourth-order valence-corrected chi connectivity index (χ4v) is 2.67. The highest BCUT2D eigenvalue weighted by Gasteiger charge is 2.34. The second-order valence-corrected chi connectivity index (χ2v) is 6.92. The van der Waals surface area contributed by atoms with Gasteiger partial charge in [-0.15, -0.1) is 24.8 Å². The van der Waals surface area contributed by atoms with Crippen LogP contribution in [0.1, 0.15) is 41.0 Å². The lowest BCUT2D eigenvalue weighted by Crippen LogP contribution is -2.59. The fourth-order valence-electron chi connectivity index (χ4n) is 2.67. The van der Waals surface area contributed by atoms with E-state index in [0.29, 0.717) is 6.04 Å². The summed E-state index contributed by atoms with van der Waals surface area (Å²) in [5.41, 5.74) is 5.93. The largest absolute Gasteiger partial charge is 0.380 e. The Bertz CT molecular complexity index is 338. The van der Waals surface area contributed by atoms with Gasteiger partial charge < -0.3 is 15.4 Å². The van der Waals surface area contributed by atoms with E-state index >= 15 is 0 Å². The molecule has 2 atom stereocenters. The fraction of sp³-hybridized carbons (Fsp3) is 0.938. The number of piperazine rings is 1. The highest BCUT2D eigenvalue weighted by atomic mass is 35.5. The van der Waals surface area contributed by atoms with Crippen LogP contribution in [0.15, 0.2) is 0 Å². The molecule has 0 aromatic heterocycles. The molecule has 1 fully saturated rings. The van der Waals surface area contributed by atoms with Crippen LogP contribution in [0.2, 0.25) is 0 Å². The second kappa shape index (κ2) is 11.5. The van der Waals surface area contributed by atoms with Crippen molar-refractivity contribution < 1.29 is 9.53 Å². The average Bonchev–Trinajstić information content (AvgIpc) is 2.45. The first-order valence-electron chi connectivity index (χ1n) is 8.17. The van der Waals surface area contributed by atoms with Crippen molar-refractivity contribution in [3.05, 3.63) is 0 Å². The van der Waals surface area contributed by atoms with Crippen molar-refractivity contribution in [1.29, 1.82) is 0 Å². The molecule has 140 valence electrons. The van der Waals surface area contributed by atoms with E-state index in [1.54, 1.807) is 0 Å². The SMILES string of the molecule is CCOCCN1CCN(C(=O)[C@@H](N)C(C)(C)C)CC1CC.Cl.Cl. The molecule has 1 heterocycles. The zero-order valence-corrected chi connectivity index (χ0v) is 16.8. The summed E-state index contributed by atoms with van der Waals surface area (Å²) in [4.78, 5) is 16.9. The van der Waals surface area contributed by atoms with E-state index < -0.39 is 6.04 Å². The van der Waals surface area contributed by atoms with Crippen LogP contribution in [0.5, 0.6) is 0 Å². The van der Waals surface area contributed by atoms with Crippen LogP contribution in [-0.4, -0.2) is 67.2 Å². The third-order valence-corrected chi connectivity index (χ3v) is 4.31. The maximum Gasteiger partial charge on any atom is 0.240 e. The third kappa shape index (κ3) is 7.57. The van der Waals surface area contributed by atoms with Gasteiger partial charge in [0.1, 0.15) is 0 Å². The second-order valence-electron chi connectivity index (χ2n) is 6.92. The van der Waals surface area contributed by atoms with Crippen molar-refractivity contribution in [1.82, 2.24) is 9.80 Å². The molecule has 7 heteroatoms. The number of ether oxygens (including phenoxy) is 1. The highest BCUT2D eigenvalue weighted by molar-refractivity contribution is 5.85.